The second kappa shape index (κ2) is 3.86. The lowest BCUT2D eigenvalue weighted by Crippen LogP contribution is -2.11. The first-order valence-corrected chi connectivity index (χ1v) is 4.23. The first-order chi connectivity index (χ1) is 6.84. The summed E-state index contributed by atoms with van der Waals surface area (Å²) in [5.74, 6) is 0.619. The molecule has 0 fully saturated rings. The molecular weight excluding hydrogens is 184 g/mol. The summed E-state index contributed by atoms with van der Waals surface area (Å²) in [7, 11) is 0. The largest absolute Gasteiger partial charge is 0.336 e. The van der Waals surface area contributed by atoms with Crippen LogP contribution in [0.2, 0.25) is 0 Å². The van der Waals surface area contributed by atoms with E-state index in [9.17, 15) is 0 Å². The van der Waals surface area contributed by atoms with Crippen molar-refractivity contribution in [3.8, 4) is 0 Å². The third-order valence-corrected chi connectivity index (χ3v) is 1.62. The maximum Gasteiger partial charge on any atom is 0.321 e. The van der Waals surface area contributed by atoms with Crippen molar-refractivity contribution in [3.05, 3.63) is 18.2 Å². The van der Waals surface area contributed by atoms with Gasteiger partial charge in [0.2, 0.25) is 0 Å². The Labute approximate surface area is 80.1 Å². The summed E-state index contributed by atoms with van der Waals surface area (Å²) in [4.78, 5) is 4.00. The highest BCUT2D eigenvalue weighted by Gasteiger charge is 2.00. The van der Waals surface area contributed by atoms with Crippen molar-refractivity contribution in [2.45, 2.75) is 13.5 Å². The van der Waals surface area contributed by atoms with Crippen molar-refractivity contribution >= 4 is 6.01 Å². The summed E-state index contributed by atoms with van der Waals surface area (Å²) < 4.78 is 6.58. The molecule has 0 saturated heterocycles. The molecule has 0 atom stereocenters. The molecule has 0 aliphatic rings. The molecule has 2 rings (SSSR count). The minimum atomic E-state index is 0.433. The lowest BCUT2D eigenvalue weighted by atomic mass is 10.6. The lowest BCUT2D eigenvalue weighted by Gasteiger charge is -1.99. The number of nitrogens with zero attached hydrogens (tertiary/aromatic N) is 5. The summed E-state index contributed by atoms with van der Waals surface area (Å²) >= 11 is 0. The second-order valence-electron chi connectivity index (χ2n) is 2.74. The van der Waals surface area contributed by atoms with Gasteiger partial charge in [0.25, 0.3) is 0 Å². The van der Waals surface area contributed by atoms with E-state index in [0.29, 0.717) is 24.9 Å². The van der Waals surface area contributed by atoms with Gasteiger partial charge in [-0.2, -0.15) is 4.98 Å². The van der Waals surface area contributed by atoms with E-state index in [1.165, 1.54) is 0 Å². The van der Waals surface area contributed by atoms with E-state index in [1.807, 2.05) is 0 Å². The highest BCUT2D eigenvalue weighted by Crippen LogP contribution is 2.00. The zero-order chi connectivity index (χ0) is 9.80. The van der Waals surface area contributed by atoms with Gasteiger partial charge in [0.1, 0.15) is 0 Å². The Morgan fingerprint density at radius 2 is 2.50 bits per heavy atom. The average Bonchev–Trinajstić information content (AvgIpc) is 2.77. The molecule has 2 aromatic rings. The SMILES string of the molecule is Cc1noc(NCCn2ccnn2)n1. The first-order valence-electron chi connectivity index (χ1n) is 4.23. The minimum absolute atomic E-state index is 0.433. The normalized spacial score (nSPS) is 10.4. The van der Waals surface area contributed by atoms with Crippen LogP contribution in [0.4, 0.5) is 6.01 Å². The van der Waals surface area contributed by atoms with Crippen LogP contribution in [-0.4, -0.2) is 31.7 Å². The maximum atomic E-state index is 4.87. The molecule has 2 aromatic heterocycles. The number of hydrogen-bond acceptors (Lipinski definition) is 6. The van der Waals surface area contributed by atoms with Crippen molar-refractivity contribution in [1.82, 2.24) is 25.1 Å². The standard InChI is InChI=1S/C7H10N6O/c1-6-10-7(14-11-6)8-2-4-13-5-3-9-12-13/h3,5H,2,4H2,1H3,(H,8,10,11). The molecule has 7 heteroatoms. The zero-order valence-electron chi connectivity index (χ0n) is 7.71. The number of anilines is 1. The topological polar surface area (TPSA) is 81.7 Å². The van der Waals surface area contributed by atoms with Crippen LogP contribution in [0.5, 0.6) is 0 Å². The molecule has 0 bridgehead atoms. The molecule has 1 N–H and O–H groups in total. The fourth-order valence-electron chi connectivity index (χ4n) is 0.998. The Morgan fingerprint density at radius 1 is 1.57 bits per heavy atom. The fourth-order valence-corrected chi connectivity index (χ4v) is 0.998. The molecule has 0 amide bonds. The number of hydrogen-bond donors (Lipinski definition) is 1. The molecule has 0 aromatic carbocycles. The highest BCUT2D eigenvalue weighted by molar-refractivity contribution is 5.17. The number of nitrogens with one attached hydrogen (secondary N) is 1. The Balaban J connectivity index is 1.78. The summed E-state index contributed by atoms with van der Waals surface area (Å²) in [5, 5.41) is 14.1. The quantitative estimate of drug-likeness (QED) is 0.742. The van der Waals surface area contributed by atoms with Gasteiger partial charge in [-0.3, -0.25) is 4.68 Å². The van der Waals surface area contributed by atoms with Crippen molar-refractivity contribution in [2.75, 3.05) is 11.9 Å². The number of aryl methyl sites for hydroxylation is 1. The fraction of sp³-hybridized carbons (Fsp3) is 0.429. The lowest BCUT2D eigenvalue weighted by molar-refractivity contribution is 0.424. The van der Waals surface area contributed by atoms with Crippen LogP contribution in [0.25, 0.3) is 0 Å². The van der Waals surface area contributed by atoms with Gasteiger partial charge in [-0.15, -0.1) is 5.10 Å². The molecule has 0 saturated carbocycles. The molecular formula is C7H10N6O. The maximum absolute atomic E-state index is 4.87. The molecule has 14 heavy (non-hydrogen) atoms. The van der Waals surface area contributed by atoms with Crippen LogP contribution in [0, 0.1) is 6.92 Å². The third kappa shape index (κ3) is 2.06. The molecule has 0 aliphatic heterocycles. The Hall–Kier alpha value is -1.92. The van der Waals surface area contributed by atoms with Gasteiger partial charge < -0.3 is 9.84 Å². The number of aromatic nitrogens is 5. The summed E-state index contributed by atoms with van der Waals surface area (Å²) in [6.07, 6.45) is 3.43. The second-order valence-corrected chi connectivity index (χ2v) is 2.74. The first kappa shape index (κ1) is 8.67. The van der Waals surface area contributed by atoms with Crippen molar-refractivity contribution in [3.63, 3.8) is 0 Å². The minimum Gasteiger partial charge on any atom is -0.336 e. The van der Waals surface area contributed by atoms with Gasteiger partial charge in [-0.25, -0.2) is 0 Å². The average molecular weight is 194 g/mol. The van der Waals surface area contributed by atoms with E-state index in [2.05, 4.69) is 25.8 Å². The Morgan fingerprint density at radius 3 is 3.14 bits per heavy atom. The summed E-state index contributed by atoms with van der Waals surface area (Å²) in [6, 6.07) is 0.433. The third-order valence-electron chi connectivity index (χ3n) is 1.62. The zero-order valence-corrected chi connectivity index (χ0v) is 7.71. The smallest absolute Gasteiger partial charge is 0.321 e. The van der Waals surface area contributed by atoms with Gasteiger partial charge in [0.15, 0.2) is 5.82 Å². The molecule has 7 nitrogen and oxygen atoms in total. The van der Waals surface area contributed by atoms with Gasteiger partial charge in [-0.1, -0.05) is 10.4 Å². The molecule has 0 aliphatic carbocycles. The van der Waals surface area contributed by atoms with Crippen LogP contribution in [0.1, 0.15) is 5.82 Å². The number of rotatable bonds is 4. The molecule has 0 unspecified atom stereocenters. The highest BCUT2D eigenvalue weighted by atomic mass is 16.5. The van der Waals surface area contributed by atoms with Crippen LogP contribution in [0.3, 0.4) is 0 Å². The van der Waals surface area contributed by atoms with E-state index in [4.69, 9.17) is 4.52 Å². The monoisotopic (exact) mass is 194 g/mol. The van der Waals surface area contributed by atoms with Crippen LogP contribution < -0.4 is 5.32 Å². The summed E-state index contributed by atoms with van der Waals surface area (Å²) in [5.41, 5.74) is 0. The van der Waals surface area contributed by atoms with Crippen LogP contribution >= 0.6 is 0 Å². The van der Waals surface area contributed by atoms with Crippen molar-refractivity contribution < 1.29 is 4.52 Å². The van der Waals surface area contributed by atoms with Crippen molar-refractivity contribution in [2.24, 2.45) is 0 Å². The van der Waals surface area contributed by atoms with E-state index in [0.717, 1.165) is 0 Å². The predicted molar refractivity (Wildman–Crippen MR) is 47.5 cm³/mol. The molecule has 2 heterocycles. The van der Waals surface area contributed by atoms with E-state index in [-0.39, 0.29) is 0 Å². The molecule has 0 spiro atoms. The van der Waals surface area contributed by atoms with Gasteiger partial charge >= 0.3 is 6.01 Å². The van der Waals surface area contributed by atoms with E-state index < -0.39 is 0 Å². The van der Waals surface area contributed by atoms with E-state index in [1.54, 1.807) is 24.0 Å². The molecule has 74 valence electrons. The van der Waals surface area contributed by atoms with Gasteiger partial charge in [0.05, 0.1) is 12.7 Å². The van der Waals surface area contributed by atoms with Crippen LogP contribution in [0.15, 0.2) is 16.9 Å². The van der Waals surface area contributed by atoms with Crippen LogP contribution in [-0.2, 0) is 6.54 Å². The summed E-state index contributed by atoms with van der Waals surface area (Å²) in [6.45, 7) is 3.15. The molecule has 0 radical (unpaired) electrons. The van der Waals surface area contributed by atoms with Gasteiger partial charge in [0, 0.05) is 12.7 Å². The predicted octanol–water partition coefficient (Wildman–Crippen LogP) is 0.0816. The van der Waals surface area contributed by atoms with Gasteiger partial charge in [-0.05, 0) is 6.92 Å². The van der Waals surface area contributed by atoms with E-state index >= 15 is 0 Å². The Bertz CT molecular complexity index is 381. The van der Waals surface area contributed by atoms with Crippen molar-refractivity contribution in [1.29, 1.82) is 0 Å². The Kier molecular flexibility index (Phi) is 2.39.